The molecule has 0 bridgehead atoms. The van der Waals surface area contributed by atoms with Crippen LogP contribution in [-0.2, 0) is 4.74 Å². The van der Waals surface area contributed by atoms with Gasteiger partial charge in [0.25, 0.3) is 0 Å². The van der Waals surface area contributed by atoms with Crippen molar-refractivity contribution in [2.45, 2.75) is 38.5 Å². The summed E-state index contributed by atoms with van der Waals surface area (Å²) in [7, 11) is 0. The van der Waals surface area contributed by atoms with E-state index in [2.05, 4.69) is 53.3 Å². The molecule has 0 aliphatic carbocycles. The third kappa shape index (κ3) is 2.65. The molecule has 1 N–H and O–H groups in total. The molecule has 3 heteroatoms. The molecule has 2 nitrogen and oxygen atoms in total. The Morgan fingerprint density at radius 2 is 2.31 bits per heavy atom. The van der Waals surface area contributed by atoms with Gasteiger partial charge in [0.2, 0.25) is 0 Å². The summed E-state index contributed by atoms with van der Waals surface area (Å²) >= 11 is 3.50. The van der Waals surface area contributed by atoms with E-state index in [0.29, 0.717) is 12.1 Å². The molecule has 0 amide bonds. The first-order valence-electron chi connectivity index (χ1n) is 5.85. The van der Waals surface area contributed by atoms with Crippen LogP contribution in [0.5, 0.6) is 0 Å². The van der Waals surface area contributed by atoms with Crippen LogP contribution < -0.4 is 5.32 Å². The first-order chi connectivity index (χ1) is 7.70. The smallest absolute Gasteiger partial charge is 0.0979 e. The molecule has 0 spiro atoms. The van der Waals surface area contributed by atoms with Gasteiger partial charge in [0.15, 0.2) is 0 Å². The Morgan fingerprint density at radius 3 is 3.00 bits per heavy atom. The van der Waals surface area contributed by atoms with Crippen LogP contribution in [0.4, 0.5) is 0 Å². The molecule has 1 aliphatic heterocycles. The van der Waals surface area contributed by atoms with E-state index in [0.717, 1.165) is 17.4 Å². The summed E-state index contributed by atoms with van der Waals surface area (Å²) < 4.78 is 7.22. The Kier molecular flexibility index (Phi) is 4.00. The summed E-state index contributed by atoms with van der Waals surface area (Å²) in [6.45, 7) is 5.31. The van der Waals surface area contributed by atoms with E-state index in [1.54, 1.807) is 0 Å². The summed E-state index contributed by atoms with van der Waals surface area (Å²) in [5.41, 5.74) is 1.24. The Labute approximate surface area is 106 Å². The van der Waals surface area contributed by atoms with Crippen LogP contribution in [-0.4, -0.2) is 18.7 Å². The summed E-state index contributed by atoms with van der Waals surface area (Å²) in [6, 6.07) is 8.75. The second-order valence-electron chi connectivity index (χ2n) is 4.34. The van der Waals surface area contributed by atoms with Crippen molar-refractivity contribution < 1.29 is 4.74 Å². The summed E-state index contributed by atoms with van der Waals surface area (Å²) in [4.78, 5) is 0. The van der Waals surface area contributed by atoms with Crippen LogP contribution in [0.15, 0.2) is 28.7 Å². The van der Waals surface area contributed by atoms with Gasteiger partial charge < -0.3 is 10.1 Å². The molecule has 16 heavy (non-hydrogen) atoms. The summed E-state index contributed by atoms with van der Waals surface area (Å²) in [5.74, 6) is 0. The van der Waals surface area contributed by atoms with Crippen molar-refractivity contribution in [2.24, 2.45) is 0 Å². The maximum Gasteiger partial charge on any atom is 0.0979 e. The van der Waals surface area contributed by atoms with E-state index >= 15 is 0 Å². The molecular weight excluding hydrogens is 266 g/mol. The van der Waals surface area contributed by atoms with Crippen LogP contribution in [0, 0.1) is 0 Å². The van der Waals surface area contributed by atoms with Crippen molar-refractivity contribution in [3.63, 3.8) is 0 Å². The topological polar surface area (TPSA) is 21.3 Å². The van der Waals surface area contributed by atoms with Gasteiger partial charge in [0.1, 0.15) is 0 Å². The molecule has 0 aromatic heterocycles. The first kappa shape index (κ1) is 12.1. The minimum absolute atomic E-state index is 0.163. The standard InChI is InChI=1S/C13H18BrNO/c1-3-12-8-15-9(2)13(16-12)10-5-4-6-11(14)7-10/h4-7,9,12-13,15H,3,8H2,1-2H3. The average molecular weight is 284 g/mol. The number of rotatable bonds is 2. The lowest BCUT2D eigenvalue weighted by molar-refractivity contribution is -0.0622. The SMILES string of the molecule is CCC1CNC(C)C(c2cccc(Br)c2)O1. The van der Waals surface area contributed by atoms with Crippen LogP contribution in [0.3, 0.4) is 0 Å². The van der Waals surface area contributed by atoms with E-state index in [-0.39, 0.29) is 6.10 Å². The fourth-order valence-electron chi connectivity index (χ4n) is 2.09. The van der Waals surface area contributed by atoms with Gasteiger partial charge in [-0.3, -0.25) is 0 Å². The number of halogens is 1. The zero-order valence-electron chi connectivity index (χ0n) is 9.74. The van der Waals surface area contributed by atoms with E-state index < -0.39 is 0 Å². The Hall–Kier alpha value is -0.380. The van der Waals surface area contributed by atoms with Crippen molar-refractivity contribution in [3.8, 4) is 0 Å². The maximum absolute atomic E-state index is 6.11. The summed E-state index contributed by atoms with van der Waals surface area (Å²) in [5, 5.41) is 3.51. The van der Waals surface area contributed by atoms with Crippen molar-refractivity contribution in [1.29, 1.82) is 0 Å². The molecular formula is C13H18BrNO. The molecule has 1 fully saturated rings. The minimum Gasteiger partial charge on any atom is -0.367 e. The van der Waals surface area contributed by atoms with Crippen LogP contribution >= 0.6 is 15.9 Å². The molecule has 88 valence electrons. The number of benzene rings is 1. The highest BCUT2D eigenvalue weighted by molar-refractivity contribution is 9.10. The fraction of sp³-hybridized carbons (Fsp3) is 0.538. The highest BCUT2D eigenvalue weighted by Gasteiger charge is 2.28. The zero-order chi connectivity index (χ0) is 11.5. The van der Waals surface area contributed by atoms with E-state index in [9.17, 15) is 0 Å². The molecule has 1 aromatic carbocycles. The summed E-state index contributed by atoms with van der Waals surface area (Å²) in [6.07, 6.45) is 1.56. The van der Waals surface area contributed by atoms with Gasteiger partial charge in [-0.15, -0.1) is 0 Å². The Morgan fingerprint density at radius 1 is 1.50 bits per heavy atom. The van der Waals surface area contributed by atoms with Crippen molar-refractivity contribution in [1.82, 2.24) is 5.32 Å². The largest absolute Gasteiger partial charge is 0.367 e. The molecule has 1 saturated heterocycles. The second kappa shape index (κ2) is 5.30. The molecule has 1 aliphatic rings. The number of hydrogen-bond donors (Lipinski definition) is 1. The lowest BCUT2D eigenvalue weighted by Gasteiger charge is -2.35. The van der Waals surface area contributed by atoms with Gasteiger partial charge in [-0.25, -0.2) is 0 Å². The zero-order valence-corrected chi connectivity index (χ0v) is 11.3. The minimum atomic E-state index is 0.163. The van der Waals surface area contributed by atoms with E-state index in [1.165, 1.54) is 5.56 Å². The second-order valence-corrected chi connectivity index (χ2v) is 5.25. The highest BCUT2D eigenvalue weighted by Crippen LogP contribution is 2.28. The number of nitrogens with one attached hydrogen (secondary N) is 1. The van der Waals surface area contributed by atoms with Crippen molar-refractivity contribution >= 4 is 15.9 Å². The average Bonchev–Trinajstić information content (AvgIpc) is 2.30. The van der Waals surface area contributed by atoms with Gasteiger partial charge >= 0.3 is 0 Å². The van der Waals surface area contributed by atoms with Gasteiger partial charge in [-0.05, 0) is 31.0 Å². The quantitative estimate of drug-likeness (QED) is 0.900. The predicted octanol–water partition coefficient (Wildman–Crippen LogP) is 3.28. The highest BCUT2D eigenvalue weighted by atomic mass is 79.9. The first-order valence-corrected chi connectivity index (χ1v) is 6.64. The van der Waals surface area contributed by atoms with Gasteiger partial charge in [0.05, 0.1) is 12.2 Å². The number of ether oxygens (including phenoxy) is 1. The predicted molar refractivity (Wildman–Crippen MR) is 69.5 cm³/mol. The molecule has 3 unspecified atom stereocenters. The third-order valence-corrected chi connectivity index (χ3v) is 3.59. The van der Waals surface area contributed by atoms with Crippen molar-refractivity contribution in [3.05, 3.63) is 34.3 Å². The molecule has 0 radical (unpaired) electrons. The van der Waals surface area contributed by atoms with Gasteiger partial charge in [-0.2, -0.15) is 0 Å². The normalized spacial score (nSPS) is 30.3. The molecule has 2 rings (SSSR count). The van der Waals surface area contributed by atoms with Crippen LogP contribution in [0.25, 0.3) is 0 Å². The van der Waals surface area contributed by atoms with Crippen LogP contribution in [0.1, 0.15) is 31.9 Å². The molecule has 1 heterocycles. The monoisotopic (exact) mass is 283 g/mol. The molecule has 1 aromatic rings. The van der Waals surface area contributed by atoms with Crippen LogP contribution in [0.2, 0.25) is 0 Å². The van der Waals surface area contributed by atoms with E-state index in [4.69, 9.17) is 4.74 Å². The molecule has 3 atom stereocenters. The fourth-order valence-corrected chi connectivity index (χ4v) is 2.51. The van der Waals surface area contributed by atoms with E-state index in [1.807, 2.05) is 6.07 Å². The Balaban J connectivity index is 2.17. The number of morpholine rings is 1. The maximum atomic E-state index is 6.11. The van der Waals surface area contributed by atoms with Gasteiger partial charge in [-0.1, -0.05) is 35.0 Å². The van der Waals surface area contributed by atoms with Gasteiger partial charge in [0, 0.05) is 17.1 Å². The lowest BCUT2D eigenvalue weighted by atomic mass is 10.0. The third-order valence-electron chi connectivity index (χ3n) is 3.09. The number of hydrogen-bond acceptors (Lipinski definition) is 2. The molecule has 0 saturated carbocycles. The van der Waals surface area contributed by atoms with Crippen molar-refractivity contribution in [2.75, 3.05) is 6.54 Å². The lowest BCUT2D eigenvalue weighted by Crippen LogP contribution is -2.46. The Bertz CT molecular complexity index is 356.